The van der Waals surface area contributed by atoms with Crippen molar-refractivity contribution in [2.24, 2.45) is 0 Å². The minimum atomic E-state index is -0.373. The largest absolute Gasteiger partial charge is 0.322 e. The van der Waals surface area contributed by atoms with E-state index in [0.29, 0.717) is 17.8 Å². The van der Waals surface area contributed by atoms with Gasteiger partial charge in [0.1, 0.15) is 11.6 Å². The predicted octanol–water partition coefficient (Wildman–Crippen LogP) is 6.56. The number of rotatable bonds is 3. The number of hydrogen-bond donors (Lipinski definition) is 1. The molecule has 0 saturated carbocycles. The maximum Gasteiger partial charge on any atom is 0.322 e. The van der Waals surface area contributed by atoms with Crippen molar-refractivity contribution in [1.82, 2.24) is 19.2 Å². The van der Waals surface area contributed by atoms with E-state index in [1.165, 1.54) is 6.07 Å². The number of aryl methyl sites for hydroxylation is 2. The van der Waals surface area contributed by atoms with E-state index >= 15 is 0 Å². The molecule has 0 fully saturated rings. The fourth-order valence-corrected chi connectivity index (χ4v) is 5.00. The van der Waals surface area contributed by atoms with E-state index in [0.717, 1.165) is 34.0 Å². The summed E-state index contributed by atoms with van der Waals surface area (Å²) in [6.07, 6.45) is 2.02. The van der Waals surface area contributed by atoms with Gasteiger partial charge in [-0.25, -0.2) is 13.9 Å². The summed E-state index contributed by atoms with van der Waals surface area (Å²) in [6, 6.07) is 28.0. The first-order chi connectivity index (χ1) is 18.0. The Morgan fingerprint density at radius 2 is 1.68 bits per heavy atom. The summed E-state index contributed by atoms with van der Waals surface area (Å²) in [5, 5.41) is 7.80. The molecule has 0 radical (unpaired) electrons. The van der Waals surface area contributed by atoms with Crippen LogP contribution in [-0.2, 0) is 6.54 Å². The van der Waals surface area contributed by atoms with Crippen LogP contribution in [0.15, 0.2) is 97.2 Å². The van der Waals surface area contributed by atoms with Crippen molar-refractivity contribution >= 4 is 11.7 Å². The molecule has 1 N–H and O–H groups in total. The van der Waals surface area contributed by atoms with Gasteiger partial charge in [0.05, 0.1) is 29.7 Å². The lowest BCUT2D eigenvalue weighted by molar-refractivity contribution is 0.194. The van der Waals surface area contributed by atoms with Crippen LogP contribution in [0.25, 0.3) is 11.5 Å². The van der Waals surface area contributed by atoms with Gasteiger partial charge in [0, 0.05) is 17.4 Å². The SMILES string of the molecule is Cc1ccc(NC(=O)N2Cc3c(C)nn(-c4ccccc4)c3-n3cccc3C2c2ccccc2)cc1F. The molecule has 1 aliphatic rings. The Bertz CT molecular complexity index is 1590. The van der Waals surface area contributed by atoms with Crippen molar-refractivity contribution in [2.75, 3.05) is 5.32 Å². The second kappa shape index (κ2) is 9.09. The fourth-order valence-electron chi connectivity index (χ4n) is 5.00. The monoisotopic (exact) mass is 491 g/mol. The lowest BCUT2D eigenvalue weighted by atomic mass is 10.0. The molecule has 1 unspecified atom stereocenters. The van der Waals surface area contributed by atoms with Crippen molar-refractivity contribution in [3.8, 4) is 11.5 Å². The van der Waals surface area contributed by atoms with Gasteiger partial charge < -0.3 is 14.8 Å². The number of aromatic nitrogens is 3. The molecule has 6 nitrogen and oxygen atoms in total. The molecule has 3 aromatic carbocycles. The molecule has 6 rings (SSSR count). The van der Waals surface area contributed by atoms with Crippen molar-refractivity contribution in [3.63, 3.8) is 0 Å². The Kier molecular flexibility index (Phi) is 5.60. The number of urea groups is 1. The highest BCUT2D eigenvalue weighted by Crippen LogP contribution is 2.38. The highest BCUT2D eigenvalue weighted by Gasteiger charge is 2.36. The quantitative estimate of drug-likeness (QED) is 0.311. The van der Waals surface area contributed by atoms with Crippen LogP contribution in [0.3, 0.4) is 0 Å². The molecule has 3 heterocycles. The van der Waals surface area contributed by atoms with Crippen molar-refractivity contribution < 1.29 is 9.18 Å². The van der Waals surface area contributed by atoms with Crippen LogP contribution in [0.4, 0.5) is 14.9 Å². The first-order valence-electron chi connectivity index (χ1n) is 12.2. The second-order valence-corrected chi connectivity index (χ2v) is 9.27. The Morgan fingerprint density at radius 3 is 2.41 bits per heavy atom. The van der Waals surface area contributed by atoms with Crippen LogP contribution in [-0.4, -0.2) is 25.3 Å². The number of hydrogen-bond acceptors (Lipinski definition) is 2. The number of benzene rings is 3. The third kappa shape index (κ3) is 3.98. The molecule has 1 aliphatic heterocycles. The molecule has 0 aliphatic carbocycles. The summed E-state index contributed by atoms with van der Waals surface area (Å²) >= 11 is 0. The minimum Gasteiger partial charge on any atom is -0.308 e. The Morgan fingerprint density at radius 1 is 0.946 bits per heavy atom. The lowest BCUT2D eigenvalue weighted by Gasteiger charge is -2.31. The normalized spacial score (nSPS) is 14.6. The molecule has 2 aromatic heterocycles. The zero-order chi connectivity index (χ0) is 25.5. The number of carbonyl (C=O) groups excluding carboxylic acids is 1. The molecule has 0 bridgehead atoms. The number of anilines is 1. The van der Waals surface area contributed by atoms with E-state index in [2.05, 4.69) is 9.88 Å². The average molecular weight is 492 g/mol. The van der Waals surface area contributed by atoms with Crippen LogP contribution in [0.5, 0.6) is 0 Å². The lowest BCUT2D eigenvalue weighted by Crippen LogP contribution is -2.38. The number of fused-ring (bicyclic) bond motifs is 3. The Hall–Kier alpha value is -4.65. The van der Waals surface area contributed by atoms with Crippen LogP contribution >= 0.6 is 0 Å². The Labute approximate surface area is 214 Å². The van der Waals surface area contributed by atoms with Gasteiger partial charge in [-0.1, -0.05) is 54.6 Å². The molecule has 2 amide bonds. The molecule has 7 heteroatoms. The highest BCUT2D eigenvalue weighted by molar-refractivity contribution is 5.90. The van der Waals surface area contributed by atoms with E-state index in [1.807, 2.05) is 90.6 Å². The summed E-state index contributed by atoms with van der Waals surface area (Å²) < 4.78 is 18.3. The zero-order valence-corrected chi connectivity index (χ0v) is 20.6. The maximum absolute atomic E-state index is 14.3. The second-order valence-electron chi connectivity index (χ2n) is 9.27. The number of nitrogens with one attached hydrogen (secondary N) is 1. The van der Waals surface area contributed by atoms with E-state index in [4.69, 9.17) is 5.10 Å². The maximum atomic E-state index is 14.3. The predicted molar refractivity (Wildman–Crippen MR) is 142 cm³/mol. The highest BCUT2D eigenvalue weighted by atomic mass is 19.1. The third-order valence-corrected chi connectivity index (χ3v) is 6.89. The first kappa shape index (κ1) is 22.8. The topological polar surface area (TPSA) is 55.1 Å². The van der Waals surface area contributed by atoms with Gasteiger partial charge in [0.2, 0.25) is 0 Å². The zero-order valence-electron chi connectivity index (χ0n) is 20.6. The van der Waals surface area contributed by atoms with Gasteiger partial charge in [0.25, 0.3) is 0 Å². The smallest absolute Gasteiger partial charge is 0.308 e. The number of nitrogens with zero attached hydrogens (tertiary/aromatic N) is 4. The molecular formula is C30H26FN5O. The van der Waals surface area contributed by atoms with Gasteiger partial charge in [-0.3, -0.25) is 0 Å². The molecular weight excluding hydrogens is 465 g/mol. The fraction of sp³-hybridized carbons (Fsp3) is 0.133. The van der Waals surface area contributed by atoms with Crippen molar-refractivity contribution in [3.05, 3.63) is 131 Å². The van der Waals surface area contributed by atoms with Crippen molar-refractivity contribution in [1.29, 1.82) is 0 Å². The summed E-state index contributed by atoms with van der Waals surface area (Å²) in [5.74, 6) is 0.547. The molecule has 184 valence electrons. The third-order valence-electron chi connectivity index (χ3n) is 6.89. The van der Waals surface area contributed by atoms with Gasteiger partial charge in [-0.05, 0) is 61.4 Å². The van der Waals surface area contributed by atoms with Crippen LogP contribution < -0.4 is 5.32 Å². The van der Waals surface area contributed by atoms with Crippen LogP contribution in [0, 0.1) is 19.7 Å². The first-order valence-corrected chi connectivity index (χ1v) is 12.2. The van der Waals surface area contributed by atoms with Crippen LogP contribution in [0.2, 0.25) is 0 Å². The van der Waals surface area contributed by atoms with E-state index < -0.39 is 0 Å². The molecule has 0 spiro atoms. The van der Waals surface area contributed by atoms with Gasteiger partial charge in [-0.15, -0.1) is 0 Å². The van der Waals surface area contributed by atoms with Gasteiger partial charge in [0.15, 0.2) is 0 Å². The van der Waals surface area contributed by atoms with E-state index in [1.54, 1.807) is 24.0 Å². The number of halogens is 1. The van der Waals surface area contributed by atoms with Crippen molar-refractivity contribution in [2.45, 2.75) is 26.4 Å². The van der Waals surface area contributed by atoms with E-state index in [9.17, 15) is 9.18 Å². The summed E-state index contributed by atoms with van der Waals surface area (Å²) in [4.78, 5) is 15.7. The number of amides is 2. The Balaban J connectivity index is 1.52. The van der Waals surface area contributed by atoms with Gasteiger partial charge in [-0.2, -0.15) is 5.10 Å². The summed E-state index contributed by atoms with van der Waals surface area (Å²) in [6.45, 7) is 4.00. The molecule has 37 heavy (non-hydrogen) atoms. The molecule has 5 aromatic rings. The molecule has 1 atom stereocenters. The molecule has 0 saturated heterocycles. The standard InChI is InChI=1S/C30H26FN5O/c1-20-15-16-23(18-26(20)31)32-30(37)35-19-25-21(2)33-36(24-12-7-4-8-13-24)29(25)34-17-9-14-27(34)28(35)22-10-5-3-6-11-22/h3-18,28H,19H2,1-2H3,(H,32,37). The van der Waals surface area contributed by atoms with E-state index in [-0.39, 0.29) is 17.9 Å². The summed E-state index contributed by atoms with van der Waals surface area (Å²) in [7, 11) is 0. The minimum absolute atomic E-state index is 0.315. The number of para-hydroxylation sites is 1. The van der Waals surface area contributed by atoms with Crippen LogP contribution in [0.1, 0.15) is 34.1 Å². The average Bonchev–Trinajstić information content (AvgIpc) is 3.47. The van der Waals surface area contributed by atoms with Gasteiger partial charge >= 0.3 is 6.03 Å². The summed E-state index contributed by atoms with van der Waals surface area (Å²) in [5.41, 5.74) is 5.59. The number of carbonyl (C=O) groups is 1.